The van der Waals surface area contributed by atoms with E-state index in [1.165, 1.54) is 16.7 Å². The van der Waals surface area contributed by atoms with Crippen molar-refractivity contribution in [1.82, 2.24) is 15.5 Å². The van der Waals surface area contributed by atoms with Crippen LogP contribution in [0.5, 0.6) is 5.75 Å². The van der Waals surface area contributed by atoms with Crippen molar-refractivity contribution in [3.63, 3.8) is 0 Å². The van der Waals surface area contributed by atoms with E-state index in [0.29, 0.717) is 13.1 Å². The smallest absolute Gasteiger partial charge is 0.191 e. The first-order valence-electron chi connectivity index (χ1n) is 11.2. The molecule has 0 aliphatic carbocycles. The standard InChI is InChI=1S/C25H36N4O2/c1-4-26-25(27-13-11-20-10-9-19(2)24(15-20)31-3)28-16-23(30)18-29-14-12-21-7-5-6-8-22(21)17-29/h5-10,15,23,30H,4,11-14,16-18H2,1-3H3,(H2,26,27,28). The van der Waals surface area contributed by atoms with Gasteiger partial charge in [0.05, 0.1) is 19.8 Å². The summed E-state index contributed by atoms with van der Waals surface area (Å²) >= 11 is 0. The molecule has 168 valence electrons. The molecule has 0 fully saturated rings. The minimum Gasteiger partial charge on any atom is -0.496 e. The van der Waals surface area contributed by atoms with Gasteiger partial charge in [0.1, 0.15) is 5.75 Å². The van der Waals surface area contributed by atoms with E-state index in [-0.39, 0.29) is 0 Å². The first-order chi connectivity index (χ1) is 15.1. The van der Waals surface area contributed by atoms with Crippen LogP contribution in [0, 0.1) is 6.92 Å². The van der Waals surface area contributed by atoms with Crippen LogP contribution in [0.15, 0.2) is 47.5 Å². The number of methoxy groups -OCH3 is 1. The summed E-state index contributed by atoms with van der Waals surface area (Å²) in [5.74, 6) is 1.66. The summed E-state index contributed by atoms with van der Waals surface area (Å²) in [6.45, 7) is 8.53. The predicted molar refractivity (Wildman–Crippen MR) is 127 cm³/mol. The Balaban J connectivity index is 1.46. The number of rotatable bonds is 9. The Kier molecular flexibility index (Phi) is 8.74. The van der Waals surface area contributed by atoms with Crippen LogP contribution in [-0.2, 0) is 19.4 Å². The number of β-amino-alcohol motifs (C(OH)–C–C–N with tert-alkyl or cyclic N) is 1. The third-order valence-corrected chi connectivity index (χ3v) is 5.66. The van der Waals surface area contributed by atoms with Crippen molar-refractivity contribution in [2.45, 2.75) is 39.3 Å². The number of aliphatic hydroxyl groups is 1. The topological polar surface area (TPSA) is 69.1 Å². The van der Waals surface area contributed by atoms with Crippen LogP contribution in [0.2, 0.25) is 0 Å². The third kappa shape index (κ3) is 6.97. The van der Waals surface area contributed by atoms with Gasteiger partial charge in [0.25, 0.3) is 0 Å². The zero-order valence-corrected chi connectivity index (χ0v) is 19.0. The van der Waals surface area contributed by atoms with Gasteiger partial charge in [-0.3, -0.25) is 9.89 Å². The quantitative estimate of drug-likeness (QED) is 0.426. The molecule has 0 amide bonds. The van der Waals surface area contributed by atoms with Crippen LogP contribution >= 0.6 is 0 Å². The molecule has 0 aromatic heterocycles. The Labute approximate surface area is 186 Å². The lowest BCUT2D eigenvalue weighted by molar-refractivity contribution is 0.111. The van der Waals surface area contributed by atoms with E-state index in [1.54, 1.807) is 7.11 Å². The number of fused-ring (bicyclic) bond motifs is 1. The van der Waals surface area contributed by atoms with Crippen molar-refractivity contribution in [3.05, 3.63) is 64.7 Å². The number of hydrogen-bond donors (Lipinski definition) is 3. The Morgan fingerprint density at radius 3 is 2.77 bits per heavy atom. The average Bonchev–Trinajstić information content (AvgIpc) is 2.78. The van der Waals surface area contributed by atoms with Gasteiger partial charge in [0, 0.05) is 32.7 Å². The van der Waals surface area contributed by atoms with E-state index in [1.807, 2.05) is 13.8 Å². The Bertz CT molecular complexity index is 868. The maximum Gasteiger partial charge on any atom is 0.191 e. The fourth-order valence-electron chi connectivity index (χ4n) is 3.95. The Hall–Kier alpha value is -2.57. The van der Waals surface area contributed by atoms with Gasteiger partial charge in [0.2, 0.25) is 0 Å². The first-order valence-corrected chi connectivity index (χ1v) is 11.2. The van der Waals surface area contributed by atoms with Gasteiger partial charge in [-0.25, -0.2) is 0 Å². The van der Waals surface area contributed by atoms with Crippen LogP contribution in [0.4, 0.5) is 0 Å². The molecule has 0 saturated heterocycles. The van der Waals surface area contributed by atoms with Gasteiger partial charge in [-0.05, 0) is 55.0 Å². The molecular formula is C25H36N4O2. The summed E-state index contributed by atoms with van der Waals surface area (Å²) < 4.78 is 5.41. The van der Waals surface area contributed by atoms with Crippen LogP contribution in [-0.4, -0.2) is 61.9 Å². The van der Waals surface area contributed by atoms with E-state index >= 15 is 0 Å². The summed E-state index contributed by atoms with van der Waals surface area (Å²) in [6.07, 6.45) is 1.43. The lowest BCUT2D eigenvalue weighted by Crippen LogP contribution is -2.40. The highest BCUT2D eigenvalue weighted by atomic mass is 16.5. The van der Waals surface area contributed by atoms with Crippen LogP contribution < -0.4 is 15.4 Å². The molecule has 3 rings (SSSR count). The Morgan fingerprint density at radius 1 is 1.19 bits per heavy atom. The minimum atomic E-state index is -0.484. The number of benzene rings is 2. The van der Waals surface area contributed by atoms with Gasteiger partial charge < -0.3 is 20.5 Å². The molecule has 2 aromatic carbocycles. The largest absolute Gasteiger partial charge is 0.496 e. The lowest BCUT2D eigenvalue weighted by Gasteiger charge is -2.30. The molecule has 1 atom stereocenters. The molecule has 2 aromatic rings. The Morgan fingerprint density at radius 2 is 2.00 bits per heavy atom. The van der Waals surface area contributed by atoms with Gasteiger partial charge in [-0.2, -0.15) is 0 Å². The molecule has 1 aliphatic rings. The number of nitrogens with zero attached hydrogens (tertiary/aromatic N) is 2. The van der Waals surface area contributed by atoms with E-state index in [0.717, 1.165) is 56.3 Å². The van der Waals surface area contributed by atoms with E-state index < -0.39 is 6.10 Å². The predicted octanol–water partition coefficient (Wildman–Crippen LogP) is 2.52. The summed E-state index contributed by atoms with van der Waals surface area (Å²) in [5, 5.41) is 17.2. The zero-order valence-electron chi connectivity index (χ0n) is 19.0. The summed E-state index contributed by atoms with van der Waals surface area (Å²) in [6, 6.07) is 14.9. The highest BCUT2D eigenvalue weighted by Gasteiger charge is 2.18. The van der Waals surface area contributed by atoms with Crippen molar-refractivity contribution in [1.29, 1.82) is 0 Å². The molecule has 6 heteroatoms. The van der Waals surface area contributed by atoms with Gasteiger partial charge in [0.15, 0.2) is 5.96 Å². The SMILES string of the molecule is CCNC(=NCC(O)CN1CCc2ccccc2C1)NCCc1ccc(C)c(OC)c1. The van der Waals surface area contributed by atoms with Crippen LogP contribution in [0.25, 0.3) is 0 Å². The average molecular weight is 425 g/mol. The fourth-order valence-corrected chi connectivity index (χ4v) is 3.95. The van der Waals surface area contributed by atoms with Crippen molar-refractivity contribution in [2.75, 3.05) is 39.8 Å². The molecule has 1 heterocycles. The third-order valence-electron chi connectivity index (χ3n) is 5.66. The van der Waals surface area contributed by atoms with Crippen molar-refractivity contribution >= 4 is 5.96 Å². The van der Waals surface area contributed by atoms with Crippen LogP contribution in [0.3, 0.4) is 0 Å². The number of nitrogens with one attached hydrogen (secondary N) is 2. The molecule has 0 radical (unpaired) electrons. The summed E-state index contributed by atoms with van der Waals surface area (Å²) in [7, 11) is 1.70. The van der Waals surface area contributed by atoms with Crippen LogP contribution in [0.1, 0.15) is 29.2 Å². The second kappa shape index (κ2) is 11.7. The van der Waals surface area contributed by atoms with Crippen molar-refractivity contribution in [3.8, 4) is 5.75 Å². The highest BCUT2D eigenvalue weighted by Crippen LogP contribution is 2.19. The number of guanidine groups is 1. The van der Waals surface area contributed by atoms with Gasteiger partial charge in [-0.1, -0.05) is 36.4 Å². The molecule has 0 bridgehead atoms. The molecule has 31 heavy (non-hydrogen) atoms. The molecule has 3 N–H and O–H groups in total. The number of aryl methyl sites for hydroxylation is 1. The molecule has 1 unspecified atom stereocenters. The molecule has 0 spiro atoms. The van der Waals surface area contributed by atoms with E-state index in [2.05, 4.69) is 63.0 Å². The second-order valence-corrected chi connectivity index (χ2v) is 8.11. The zero-order chi connectivity index (χ0) is 22.1. The van der Waals surface area contributed by atoms with Crippen molar-refractivity contribution in [2.24, 2.45) is 4.99 Å². The maximum atomic E-state index is 10.5. The number of aliphatic hydroxyl groups excluding tert-OH is 1. The number of aliphatic imine (C=N–C) groups is 1. The highest BCUT2D eigenvalue weighted by molar-refractivity contribution is 5.79. The molecular weight excluding hydrogens is 388 g/mol. The monoisotopic (exact) mass is 424 g/mol. The lowest BCUT2D eigenvalue weighted by atomic mass is 10.00. The molecule has 1 aliphatic heterocycles. The maximum absolute atomic E-state index is 10.5. The number of ether oxygens (including phenoxy) is 1. The summed E-state index contributed by atoms with van der Waals surface area (Å²) in [4.78, 5) is 6.91. The van der Waals surface area contributed by atoms with Gasteiger partial charge in [-0.15, -0.1) is 0 Å². The normalized spacial score (nSPS) is 15.3. The first kappa shape index (κ1) is 23.1. The molecule has 0 saturated carbocycles. The van der Waals surface area contributed by atoms with E-state index in [4.69, 9.17) is 4.74 Å². The van der Waals surface area contributed by atoms with E-state index in [9.17, 15) is 5.11 Å². The second-order valence-electron chi connectivity index (χ2n) is 8.11. The minimum absolute atomic E-state index is 0.381. The van der Waals surface area contributed by atoms with Crippen molar-refractivity contribution < 1.29 is 9.84 Å². The van der Waals surface area contributed by atoms with Gasteiger partial charge >= 0.3 is 0 Å². The summed E-state index contributed by atoms with van der Waals surface area (Å²) in [5.41, 5.74) is 5.15. The number of hydrogen-bond acceptors (Lipinski definition) is 4. The molecule has 6 nitrogen and oxygen atoms in total. The fraction of sp³-hybridized carbons (Fsp3) is 0.480.